The van der Waals surface area contributed by atoms with Crippen LogP contribution in [-0.2, 0) is 53.8 Å². The molecular formula is C24H48O6S2Sn. The average Bonchev–Trinajstić information content (AvgIpc) is 2.80. The molecule has 33 heavy (non-hydrogen) atoms. The first-order valence-electron chi connectivity index (χ1n) is 11.5. The summed E-state index contributed by atoms with van der Waals surface area (Å²) in [5, 5.41) is 0. The molecule has 0 fully saturated rings. The van der Waals surface area contributed by atoms with Crippen molar-refractivity contribution < 1.29 is 28.5 Å². The zero-order valence-electron chi connectivity index (χ0n) is 21.5. The molecule has 0 aromatic heterocycles. The van der Waals surface area contributed by atoms with E-state index in [9.17, 15) is 9.59 Å². The van der Waals surface area contributed by atoms with Gasteiger partial charge in [0.05, 0.1) is 13.2 Å². The molecule has 0 N–H and O–H groups in total. The van der Waals surface area contributed by atoms with Crippen molar-refractivity contribution in [1.29, 1.82) is 0 Å². The summed E-state index contributed by atoms with van der Waals surface area (Å²) in [6.07, 6.45) is 8.82. The molecule has 0 amide bonds. The van der Waals surface area contributed by atoms with Crippen LogP contribution in [0.3, 0.4) is 0 Å². The summed E-state index contributed by atoms with van der Waals surface area (Å²) < 4.78 is 19.4. The number of ether oxygens (including phenoxy) is 4. The monoisotopic (exact) mass is 616 g/mol. The van der Waals surface area contributed by atoms with Gasteiger partial charge in [-0.15, -0.1) is 0 Å². The van der Waals surface area contributed by atoms with E-state index in [-0.39, 0.29) is 35.8 Å². The zero-order valence-corrected chi connectivity index (χ0v) is 26.0. The molecule has 4 radical (unpaired) electrons. The Morgan fingerprint density at radius 2 is 0.939 bits per heavy atom. The summed E-state index contributed by atoms with van der Waals surface area (Å²) >= 11 is 9.26. The number of methoxy groups -OCH3 is 2. The number of unbranched alkanes of at least 4 members (excludes halogenated alkanes) is 4. The van der Waals surface area contributed by atoms with Crippen molar-refractivity contribution in [1.82, 2.24) is 0 Å². The Morgan fingerprint density at radius 1 is 0.667 bits per heavy atom. The fraction of sp³-hybridized carbons (Fsp3) is 0.833. The molecule has 0 heterocycles. The minimum atomic E-state index is -0.192. The van der Waals surface area contributed by atoms with Crippen molar-refractivity contribution in [2.75, 3.05) is 52.2 Å². The van der Waals surface area contributed by atoms with Gasteiger partial charge in [-0.3, -0.25) is 9.59 Å². The third-order valence-corrected chi connectivity index (χ3v) is 3.74. The van der Waals surface area contributed by atoms with Gasteiger partial charge in [-0.2, -0.15) is 11.5 Å². The molecule has 6 nitrogen and oxygen atoms in total. The maximum absolute atomic E-state index is 10.8. The second kappa shape index (κ2) is 45.8. The molecule has 0 rings (SSSR count). The predicted molar refractivity (Wildman–Crippen MR) is 144 cm³/mol. The number of rotatable bonds is 16. The van der Waals surface area contributed by atoms with Gasteiger partial charge in [0.25, 0.3) is 0 Å². The van der Waals surface area contributed by atoms with E-state index in [1.54, 1.807) is 14.2 Å². The van der Waals surface area contributed by atoms with Crippen molar-refractivity contribution in [3.63, 3.8) is 0 Å². The van der Waals surface area contributed by atoms with Crippen LogP contribution in [0, 0.1) is 13.8 Å². The minimum Gasteiger partial charge on any atom is -0.792 e. The van der Waals surface area contributed by atoms with Gasteiger partial charge in [-0.1, -0.05) is 53.4 Å². The smallest absolute Gasteiger partial charge is 0.792 e. The molecule has 0 spiro atoms. The molecule has 0 unspecified atom stereocenters. The summed E-state index contributed by atoms with van der Waals surface area (Å²) in [5.41, 5.74) is 0. The van der Waals surface area contributed by atoms with Gasteiger partial charge in [0.1, 0.15) is 0 Å². The molecule has 196 valence electrons. The van der Waals surface area contributed by atoms with Gasteiger partial charge in [0.2, 0.25) is 0 Å². The largest absolute Gasteiger partial charge is 2.00 e. The minimum absolute atomic E-state index is 0. The number of hydrogen-bond acceptors (Lipinski definition) is 8. The van der Waals surface area contributed by atoms with Gasteiger partial charge < -0.3 is 44.2 Å². The maximum atomic E-state index is 10.8. The Morgan fingerprint density at radius 3 is 1.15 bits per heavy atom. The summed E-state index contributed by atoms with van der Waals surface area (Å²) in [5.74, 6) is 0.498. The first-order chi connectivity index (χ1) is 15.4. The van der Waals surface area contributed by atoms with Crippen molar-refractivity contribution >= 4 is 61.1 Å². The molecule has 0 aromatic rings. The SMILES string of the molecule is COCCCCOC(=O)CC[S-].COCCCCOC(=O)CC[S-].[CH2]CCC.[CH2]CCC.[Sn+2]. The number of esters is 2. The normalized spacial score (nSPS) is 8.97. The molecule has 0 aromatic carbocycles. The summed E-state index contributed by atoms with van der Waals surface area (Å²) in [4.78, 5) is 21.5. The van der Waals surface area contributed by atoms with Crippen LogP contribution in [-0.4, -0.2) is 88.0 Å². The van der Waals surface area contributed by atoms with Crippen molar-refractivity contribution in [2.45, 2.75) is 78.1 Å². The molecule has 0 aliphatic heterocycles. The number of carbonyl (C=O) groups excluding carboxylic acids is 2. The molecular weight excluding hydrogens is 567 g/mol. The quantitative estimate of drug-likeness (QED) is 0.108. The second-order valence-corrected chi connectivity index (χ2v) is 7.27. The Balaban J connectivity index is -0.000000117. The molecule has 0 saturated carbocycles. The Hall–Kier alpha value is 0.359. The predicted octanol–water partition coefficient (Wildman–Crippen LogP) is 4.65. The van der Waals surface area contributed by atoms with E-state index in [0.717, 1.165) is 51.7 Å². The molecule has 0 saturated heterocycles. The van der Waals surface area contributed by atoms with Crippen LogP contribution in [0.5, 0.6) is 0 Å². The average molecular weight is 615 g/mol. The van der Waals surface area contributed by atoms with Gasteiger partial charge in [0.15, 0.2) is 0 Å². The fourth-order valence-electron chi connectivity index (χ4n) is 1.38. The van der Waals surface area contributed by atoms with Gasteiger partial charge in [-0.05, 0) is 25.7 Å². The van der Waals surface area contributed by atoms with E-state index in [0.29, 0.717) is 37.6 Å². The first-order valence-corrected chi connectivity index (χ1v) is 12.6. The first kappa shape index (κ1) is 43.4. The van der Waals surface area contributed by atoms with Gasteiger partial charge >= 0.3 is 35.8 Å². The van der Waals surface area contributed by atoms with Crippen LogP contribution in [0.25, 0.3) is 0 Å². The van der Waals surface area contributed by atoms with Crippen LogP contribution >= 0.6 is 0 Å². The van der Waals surface area contributed by atoms with Crippen molar-refractivity contribution in [3.8, 4) is 0 Å². The van der Waals surface area contributed by atoms with E-state index >= 15 is 0 Å². The Labute approximate surface area is 232 Å². The van der Waals surface area contributed by atoms with E-state index in [1.165, 1.54) is 12.8 Å². The van der Waals surface area contributed by atoms with Crippen molar-refractivity contribution in [3.05, 3.63) is 13.8 Å². The van der Waals surface area contributed by atoms with E-state index in [1.807, 2.05) is 0 Å². The van der Waals surface area contributed by atoms with Crippen LogP contribution < -0.4 is 0 Å². The number of carbonyl (C=O) groups is 2. The zero-order chi connectivity index (χ0) is 25.3. The van der Waals surface area contributed by atoms with E-state index in [2.05, 4.69) is 53.0 Å². The Kier molecular flexibility index (Phi) is 60.3. The van der Waals surface area contributed by atoms with Gasteiger partial charge in [0, 0.05) is 40.3 Å². The topological polar surface area (TPSA) is 71.1 Å². The summed E-state index contributed by atoms with van der Waals surface area (Å²) in [6.45, 7) is 13.9. The molecule has 0 bridgehead atoms. The Bertz CT molecular complexity index is 315. The molecule has 0 aliphatic rings. The van der Waals surface area contributed by atoms with Gasteiger partial charge in [-0.25, -0.2) is 0 Å². The third kappa shape index (κ3) is 59.7. The van der Waals surface area contributed by atoms with E-state index in [4.69, 9.17) is 18.9 Å². The van der Waals surface area contributed by atoms with Crippen LogP contribution in [0.4, 0.5) is 0 Å². The standard InChI is InChI=1S/2C8H16O3S.2C4H9.Sn/c2*1-10-5-2-3-6-11-8(9)4-7-12;2*1-3-4-2;/h2*12H,2-7H2,1H3;2*1,3-4H2,2H3;/q;;;;+2/p-2. The van der Waals surface area contributed by atoms with Crippen LogP contribution in [0.2, 0.25) is 0 Å². The van der Waals surface area contributed by atoms with Crippen LogP contribution in [0.1, 0.15) is 78.1 Å². The van der Waals surface area contributed by atoms with E-state index < -0.39 is 0 Å². The molecule has 9 heteroatoms. The van der Waals surface area contributed by atoms with Crippen molar-refractivity contribution in [2.24, 2.45) is 0 Å². The molecule has 0 aliphatic carbocycles. The summed E-state index contributed by atoms with van der Waals surface area (Å²) in [7, 11) is 3.31. The maximum Gasteiger partial charge on any atom is 2.00 e. The fourth-order valence-corrected chi connectivity index (χ4v) is 1.71. The third-order valence-electron chi connectivity index (χ3n) is 3.33. The van der Waals surface area contributed by atoms with Crippen LogP contribution in [0.15, 0.2) is 0 Å². The second-order valence-electron chi connectivity index (χ2n) is 6.46. The summed E-state index contributed by atoms with van der Waals surface area (Å²) in [6, 6.07) is 0. The molecule has 0 atom stereocenters. The number of hydrogen-bond donors (Lipinski definition) is 0.